The van der Waals surface area contributed by atoms with Crippen molar-refractivity contribution in [3.05, 3.63) is 35.6 Å². The number of hydrogen-bond donors (Lipinski definition) is 1. The second kappa shape index (κ2) is 4.55. The van der Waals surface area contributed by atoms with Crippen molar-refractivity contribution < 1.29 is 9.18 Å². The maximum Gasteiger partial charge on any atom is 0.163 e. The van der Waals surface area contributed by atoms with Crippen LogP contribution in [0.4, 0.5) is 4.39 Å². The highest BCUT2D eigenvalue weighted by Crippen LogP contribution is 2.32. The molecule has 1 fully saturated rings. The van der Waals surface area contributed by atoms with Crippen molar-refractivity contribution in [1.29, 1.82) is 0 Å². The fourth-order valence-electron chi connectivity index (χ4n) is 1.92. The maximum absolute atomic E-state index is 13.4. The number of rotatable bonds is 2. The lowest BCUT2D eigenvalue weighted by atomic mass is 10.0. The molecule has 0 amide bonds. The van der Waals surface area contributed by atoms with E-state index in [1.807, 2.05) is 6.92 Å². The van der Waals surface area contributed by atoms with Crippen LogP contribution in [0, 0.1) is 5.82 Å². The summed E-state index contributed by atoms with van der Waals surface area (Å²) in [7, 11) is 0. The quantitative estimate of drug-likeness (QED) is 0.855. The van der Waals surface area contributed by atoms with Crippen LogP contribution < -0.4 is 5.73 Å². The van der Waals surface area contributed by atoms with Crippen LogP contribution in [0.2, 0.25) is 0 Å². The number of thioether (sulfide) groups is 1. The molecular formula is C12H14FNOS. The van der Waals surface area contributed by atoms with Gasteiger partial charge in [-0.25, -0.2) is 4.39 Å². The van der Waals surface area contributed by atoms with Crippen molar-refractivity contribution in [2.75, 3.05) is 0 Å². The van der Waals surface area contributed by atoms with Crippen molar-refractivity contribution >= 4 is 17.5 Å². The van der Waals surface area contributed by atoms with Crippen LogP contribution in [0.25, 0.3) is 0 Å². The van der Waals surface area contributed by atoms with Gasteiger partial charge in [0.1, 0.15) is 5.82 Å². The Morgan fingerprint density at radius 1 is 1.44 bits per heavy atom. The van der Waals surface area contributed by atoms with Crippen LogP contribution in [0.5, 0.6) is 0 Å². The molecule has 1 aromatic carbocycles. The van der Waals surface area contributed by atoms with Gasteiger partial charge in [-0.15, -0.1) is 11.8 Å². The average molecular weight is 239 g/mol. The molecule has 2 N–H and O–H groups in total. The molecule has 1 aromatic rings. The Labute approximate surface area is 98.4 Å². The molecule has 86 valence electrons. The van der Waals surface area contributed by atoms with Crippen LogP contribution >= 0.6 is 11.8 Å². The lowest BCUT2D eigenvalue weighted by molar-refractivity contribution is -0.118. The molecule has 2 nitrogen and oxygen atoms in total. The van der Waals surface area contributed by atoms with E-state index < -0.39 is 6.04 Å². The normalized spacial score (nSPS) is 29.7. The molecule has 0 spiro atoms. The van der Waals surface area contributed by atoms with E-state index in [-0.39, 0.29) is 22.1 Å². The molecule has 1 aliphatic rings. The number of halogens is 1. The second-order valence-corrected chi connectivity index (χ2v) is 5.63. The highest BCUT2D eigenvalue weighted by molar-refractivity contribution is 8.01. The van der Waals surface area contributed by atoms with Crippen molar-refractivity contribution in [2.45, 2.75) is 29.9 Å². The third-order valence-corrected chi connectivity index (χ3v) is 4.34. The number of Topliss-reactive ketones (excluding diaryl/α,β-unsaturated/α-hetero) is 1. The van der Waals surface area contributed by atoms with Gasteiger partial charge in [0.05, 0.1) is 11.3 Å². The first-order valence-corrected chi connectivity index (χ1v) is 6.22. The van der Waals surface area contributed by atoms with E-state index in [2.05, 4.69) is 0 Å². The predicted molar refractivity (Wildman–Crippen MR) is 63.9 cm³/mol. The van der Waals surface area contributed by atoms with Crippen LogP contribution in [0.1, 0.15) is 12.5 Å². The fourth-order valence-corrected chi connectivity index (χ4v) is 3.32. The zero-order valence-corrected chi connectivity index (χ0v) is 9.84. The first-order valence-electron chi connectivity index (χ1n) is 5.28. The van der Waals surface area contributed by atoms with Gasteiger partial charge in [0.15, 0.2) is 5.78 Å². The Hall–Kier alpha value is -0.870. The van der Waals surface area contributed by atoms with Gasteiger partial charge in [0, 0.05) is 5.25 Å². The molecule has 1 aliphatic heterocycles. The average Bonchev–Trinajstić information content (AvgIpc) is 2.50. The van der Waals surface area contributed by atoms with Crippen molar-refractivity contribution in [1.82, 2.24) is 0 Å². The summed E-state index contributed by atoms with van der Waals surface area (Å²) in [5.41, 5.74) is 6.45. The third kappa shape index (κ3) is 2.13. The van der Waals surface area contributed by atoms with Gasteiger partial charge < -0.3 is 5.73 Å². The van der Waals surface area contributed by atoms with Crippen molar-refractivity contribution in [3.8, 4) is 0 Å². The van der Waals surface area contributed by atoms with E-state index in [1.54, 1.807) is 30.0 Å². The fraction of sp³-hybridized carbons (Fsp3) is 0.417. The van der Waals surface area contributed by atoms with Crippen LogP contribution in [-0.4, -0.2) is 22.3 Å². The van der Waals surface area contributed by atoms with Crippen LogP contribution in [-0.2, 0) is 11.2 Å². The SMILES string of the molecule is CC1SC(Cc2ccccc2F)C(N)C1=O. The summed E-state index contributed by atoms with van der Waals surface area (Å²) in [4.78, 5) is 11.6. The van der Waals surface area contributed by atoms with Crippen LogP contribution in [0.15, 0.2) is 24.3 Å². The molecule has 3 unspecified atom stereocenters. The highest BCUT2D eigenvalue weighted by Gasteiger charge is 2.38. The van der Waals surface area contributed by atoms with Gasteiger partial charge in [-0.1, -0.05) is 18.2 Å². The summed E-state index contributed by atoms with van der Waals surface area (Å²) in [6.45, 7) is 1.86. The van der Waals surface area contributed by atoms with E-state index in [4.69, 9.17) is 5.73 Å². The van der Waals surface area contributed by atoms with Crippen LogP contribution in [0.3, 0.4) is 0 Å². The van der Waals surface area contributed by atoms with E-state index in [0.29, 0.717) is 12.0 Å². The number of carbonyl (C=O) groups is 1. The first-order chi connectivity index (χ1) is 7.59. The molecule has 2 rings (SSSR count). The van der Waals surface area contributed by atoms with E-state index in [1.165, 1.54) is 6.07 Å². The van der Waals surface area contributed by atoms with Gasteiger partial charge in [-0.2, -0.15) is 0 Å². The standard InChI is InChI=1S/C12H14FNOS/c1-7-12(15)11(14)10(16-7)6-8-4-2-3-5-9(8)13/h2-5,7,10-11H,6,14H2,1H3. The zero-order chi connectivity index (χ0) is 11.7. The highest BCUT2D eigenvalue weighted by atomic mass is 32.2. The Balaban J connectivity index is 2.12. The summed E-state index contributed by atoms with van der Waals surface area (Å²) in [6.07, 6.45) is 0.522. The topological polar surface area (TPSA) is 43.1 Å². The van der Waals surface area contributed by atoms with E-state index in [9.17, 15) is 9.18 Å². The van der Waals surface area contributed by atoms with Gasteiger partial charge >= 0.3 is 0 Å². The summed E-state index contributed by atoms with van der Waals surface area (Å²) in [5, 5.41) is -0.0637. The minimum absolute atomic E-state index is 0.000556. The number of nitrogens with two attached hydrogens (primary N) is 1. The Bertz CT molecular complexity index is 410. The lowest BCUT2D eigenvalue weighted by Gasteiger charge is -2.13. The number of benzene rings is 1. The minimum Gasteiger partial charge on any atom is -0.321 e. The van der Waals surface area contributed by atoms with Gasteiger partial charge in [0.25, 0.3) is 0 Å². The molecule has 0 saturated carbocycles. The molecule has 1 heterocycles. The molecule has 1 saturated heterocycles. The summed E-state index contributed by atoms with van der Waals surface area (Å²) in [5.74, 6) is -0.145. The Kier molecular flexibility index (Phi) is 3.30. The monoisotopic (exact) mass is 239 g/mol. The second-order valence-electron chi connectivity index (χ2n) is 4.04. The summed E-state index contributed by atoms with van der Waals surface area (Å²) >= 11 is 1.54. The van der Waals surface area contributed by atoms with Gasteiger partial charge in [-0.3, -0.25) is 4.79 Å². The Morgan fingerprint density at radius 3 is 2.69 bits per heavy atom. The number of ketones is 1. The third-order valence-electron chi connectivity index (χ3n) is 2.89. The molecule has 0 bridgehead atoms. The van der Waals surface area contributed by atoms with E-state index in [0.717, 1.165) is 0 Å². The maximum atomic E-state index is 13.4. The zero-order valence-electron chi connectivity index (χ0n) is 9.02. The minimum atomic E-state index is -0.459. The Morgan fingerprint density at radius 2 is 2.12 bits per heavy atom. The molecule has 0 aliphatic carbocycles. The predicted octanol–water partition coefficient (Wildman–Crippen LogP) is 1.77. The molecule has 0 aromatic heterocycles. The van der Waals surface area contributed by atoms with Gasteiger partial charge in [-0.05, 0) is 25.0 Å². The van der Waals surface area contributed by atoms with Gasteiger partial charge in [0.2, 0.25) is 0 Å². The number of hydrogen-bond acceptors (Lipinski definition) is 3. The smallest absolute Gasteiger partial charge is 0.163 e. The molecule has 4 heteroatoms. The molecule has 16 heavy (non-hydrogen) atoms. The van der Waals surface area contributed by atoms with E-state index >= 15 is 0 Å². The van der Waals surface area contributed by atoms with Crippen molar-refractivity contribution in [2.24, 2.45) is 5.73 Å². The molecule has 0 radical (unpaired) electrons. The van der Waals surface area contributed by atoms with Crippen molar-refractivity contribution in [3.63, 3.8) is 0 Å². The summed E-state index contributed by atoms with van der Waals surface area (Å²) < 4.78 is 13.4. The first kappa shape index (κ1) is 11.6. The lowest BCUT2D eigenvalue weighted by Crippen LogP contribution is -2.37. The molecule has 3 atom stereocenters. The molecular weight excluding hydrogens is 225 g/mol. The largest absolute Gasteiger partial charge is 0.321 e. The summed E-state index contributed by atoms with van der Waals surface area (Å²) in [6, 6.07) is 6.19. The number of carbonyl (C=O) groups excluding carboxylic acids is 1.